The molecule has 0 saturated carbocycles. The number of fused-ring (bicyclic) bond motifs is 10. The van der Waals surface area contributed by atoms with Crippen LogP contribution in [0.3, 0.4) is 0 Å². The Balaban J connectivity index is 1.20. The number of hydrogen-bond donors (Lipinski definition) is 0. The first-order chi connectivity index (χ1) is 24.3. The SMILES string of the molecule is c1ccc(-c2coc3ccc4c5ccc(-c6c7ccccc7c(-c7cccc8sc9ccccc9c78)c7ccccc67)cc5oc4c23)cc1. The van der Waals surface area contributed by atoms with Crippen molar-refractivity contribution in [3.05, 3.63) is 158 Å². The smallest absolute Gasteiger partial charge is 0.147 e. The maximum Gasteiger partial charge on any atom is 0.147 e. The molecule has 0 spiro atoms. The lowest BCUT2D eigenvalue weighted by Crippen LogP contribution is -1.91. The first-order valence-electron chi connectivity index (χ1n) is 16.6. The zero-order valence-corrected chi connectivity index (χ0v) is 27.1. The summed E-state index contributed by atoms with van der Waals surface area (Å²) in [5.74, 6) is 0. The predicted molar refractivity (Wildman–Crippen MR) is 208 cm³/mol. The summed E-state index contributed by atoms with van der Waals surface area (Å²) < 4.78 is 15.4. The summed E-state index contributed by atoms with van der Waals surface area (Å²) in [4.78, 5) is 0. The van der Waals surface area contributed by atoms with Gasteiger partial charge in [0.2, 0.25) is 0 Å². The molecule has 0 unspecified atom stereocenters. The van der Waals surface area contributed by atoms with Gasteiger partial charge in [-0.05, 0) is 85.8 Å². The Labute approximate surface area is 285 Å². The first kappa shape index (κ1) is 26.9. The number of thiophene rings is 1. The van der Waals surface area contributed by atoms with Gasteiger partial charge in [-0.15, -0.1) is 11.3 Å². The second-order valence-corrected chi connectivity index (χ2v) is 13.8. The van der Waals surface area contributed by atoms with Gasteiger partial charge in [-0.2, -0.15) is 0 Å². The largest absolute Gasteiger partial charge is 0.464 e. The minimum absolute atomic E-state index is 0.826. The van der Waals surface area contributed by atoms with Gasteiger partial charge in [-0.1, -0.05) is 115 Å². The molecule has 11 aromatic rings. The third-order valence-corrected chi connectivity index (χ3v) is 11.3. The van der Waals surface area contributed by atoms with Crippen LogP contribution in [0.1, 0.15) is 0 Å². The molecule has 3 heterocycles. The van der Waals surface area contributed by atoms with Crippen molar-refractivity contribution in [3.8, 4) is 33.4 Å². The summed E-state index contributed by atoms with van der Waals surface area (Å²) in [7, 11) is 0. The van der Waals surface area contributed by atoms with Crippen LogP contribution in [-0.2, 0) is 0 Å². The topological polar surface area (TPSA) is 26.3 Å². The number of furan rings is 2. The van der Waals surface area contributed by atoms with Gasteiger partial charge < -0.3 is 8.83 Å². The van der Waals surface area contributed by atoms with Crippen molar-refractivity contribution < 1.29 is 8.83 Å². The van der Waals surface area contributed by atoms with Crippen LogP contribution >= 0.6 is 11.3 Å². The predicted octanol–water partition coefficient (Wildman–Crippen LogP) is 14.0. The van der Waals surface area contributed by atoms with E-state index in [9.17, 15) is 0 Å². The van der Waals surface area contributed by atoms with E-state index in [1.54, 1.807) is 0 Å². The lowest BCUT2D eigenvalue weighted by Gasteiger charge is -2.18. The van der Waals surface area contributed by atoms with E-state index in [4.69, 9.17) is 8.83 Å². The maximum atomic E-state index is 6.79. The fraction of sp³-hybridized carbons (Fsp3) is 0. The number of hydrogen-bond acceptors (Lipinski definition) is 3. The Hall–Kier alpha value is -6.16. The standard InChI is InChI=1S/C46H26O2S/c1-2-11-27(12-3-1)37-26-47-38-24-23-34-29-22-21-28(25-39(29)48-46(34)45(37)38)42-30-13-4-6-15-32(30)43(33-16-7-5-14-31(33)42)36-18-10-20-41-44(36)35-17-8-9-19-40(35)49-41/h1-26H. The van der Waals surface area contributed by atoms with Crippen LogP contribution in [0.2, 0.25) is 0 Å². The van der Waals surface area contributed by atoms with Crippen LogP contribution in [0.5, 0.6) is 0 Å². The van der Waals surface area contributed by atoms with Gasteiger partial charge in [0, 0.05) is 36.5 Å². The molecule has 8 aromatic carbocycles. The lowest BCUT2D eigenvalue weighted by molar-refractivity contribution is 0.616. The molecule has 228 valence electrons. The third-order valence-electron chi connectivity index (χ3n) is 10.2. The molecule has 0 atom stereocenters. The molecule has 3 aromatic heterocycles. The van der Waals surface area contributed by atoms with Crippen molar-refractivity contribution in [2.75, 3.05) is 0 Å². The Bertz CT molecular complexity index is 3050. The van der Waals surface area contributed by atoms with Crippen molar-refractivity contribution in [1.29, 1.82) is 0 Å². The zero-order chi connectivity index (χ0) is 32.1. The van der Waals surface area contributed by atoms with Crippen LogP contribution in [-0.4, -0.2) is 0 Å². The average Bonchev–Trinajstić information content (AvgIpc) is 3.87. The molecule has 0 aliphatic rings. The lowest BCUT2D eigenvalue weighted by atomic mass is 9.85. The van der Waals surface area contributed by atoms with Crippen LogP contribution in [0.15, 0.2) is 167 Å². The van der Waals surface area contributed by atoms with E-state index in [1.165, 1.54) is 58.4 Å². The molecule has 0 radical (unpaired) electrons. The van der Waals surface area contributed by atoms with Crippen LogP contribution < -0.4 is 0 Å². The monoisotopic (exact) mass is 642 g/mol. The maximum absolute atomic E-state index is 6.79. The molecular formula is C46H26O2S. The zero-order valence-electron chi connectivity index (χ0n) is 26.2. The Kier molecular flexibility index (Phi) is 5.57. The van der Waals surface area contributed by atoms with Gasteiger partial charge in [0.25, 0.3) is 0 Å². The summed E-state index contributed by atoms with van der Waals surface area (Å²) >= 11 is 1.87. The van der Waals surface area contributed by atoms with E-state index in [1.807, 2.05) is 23.7 Å². The van der Waals surface area contributed by atoms with E-state index in [0.29, 0.717) is 0 Å². The van der Waals surface area contributed by atoms with E-state index in [0.717, 1.165) is 49.6 Å². The van der Waals surface area contributed by atoms with Crippen LogP contribution in [0.4, 0.5) is 0 Å². The van der Waals surface area contributed by atoms with Crippen molar-refractivity contribution in [1.82, 2.24) is 0 Å². The van der Waals surface area contributed by atoms with E-state index in [-0.39, 0.29) is 0 Å². The fourth-order valence-electron chi connectivity index (χ4n) is 8.05. The highest BCUT2D eigenvalue weighted by atomic mass is 32.1. The number of rotatable bonds is 3. The molecule has 49 heavy (non-hydrogen) atoms. The minimum Gasteiger partial charge on any atom is -0.464 e. The van der Waals surface area contributed by atoms with Gasteiger partial charge in [-0.3, -0.25) is 0 Å². The summed E-state index contributed by atoms with van der Waals surface area (Å²) in [6.07, 6.45) is 1.84. The second kappa shape index (κ2) is 10.2. The molecule has 11 rings (SSSR count). The normalized spacial score (nSPS) is 12.1. The number of benzene rings is 8. The van der Waals surface area contributed by atoms with E-state index in [2.05, 4.69) is 146 Å². The van der Waals surface area contributed by atoms with E-state index >= 15 is 0 Å². The van der Waals surface area contributed by atoms with Gasteiger partial charge in [0.15, 0.2) is 0 Å². The third kappa shape index (κ3) is 3.82. The average molecular weight is 643 g/mol. The second-order valence-electron chi connectivity index (χ2n) is 12.8. The first-order valence-corrected chi connectivity index (χ1v) is 17.4. The van der Waals surface area contributed by atoms with Crippen molar-refractivity contribution in [2.24, 2.45) is 0 Å². The van der Waals surface area contributed by atoms with Gasteiger partial charge in [-0.25, -0.2) is 0 Å². The van der Waals surface area contributed by atoms with Crippen LogP contribution in [0, 0.1) is 0 Å². The Morgan fingerprint density at radius 3 is 1.82 bits per heavy atom. The van der Waals surface area contributed by atoms with Gasteiger partial charge in [0.1, 0.15) is 16.7 Å². The van der Waals surface area contributed by atoms with Crippen molar-refractivity contribution in [2.45, 2.75) is 0 Å². The Morgan fingerprint density at radius 1 is 0.388 bits per heavy atom. The highest BCUT2D eigenvalue weighted by molar-refractivity contribution is 7.25. The molecule has 0 aliphatic carbocycles. The molecule has 2 nitrogen and oxygen atoms in total. The molecular weight excluding hydrogens is 617 g/mol. The summed E-state index contributed by atoms with van der Waals surface area (Å²) in [6.45, 7) is 0. The molecule has 0 bridgehead atoms. The molecule has 0 amide bonds. The van der Waals surface area contributed by atoms with E-state index < -0.39 is 0 Å². The molecule has 0 saturated heterocycles. The minimum atomic E-state index is 0.826. The molecule has 0 N–H and O–H groups in total. The molecule has 0 aliphatic heterocycles. The van der Waals surface area contributed by atoms with Gasteiger partial charge in [0.05, 0.1) is 11.6 Å². The summed E-state index contributed by atoms with van der Waals surface area (Å²) in [5.41, 5.74) is 9.62. The highest BCUT2D eigenvalue weighted by Gasteiger charge is 2.21. The van der Waals surface area contributed by atoms with Crippen molar-refractivity contribution in [3.63, 3.8) is 0 Å². The summed E-state index contributed by atoms with van der Waals surface area (Å²) in [6, 6.07) is 54.6. The molecule has 3 heteroatoms. The van der Waals surface area contributed by atoms with Gasteiger partial charge >= 0.3 is 0 Å². The summed E-state index contributed by atoms with van der Waals surface area (Å²) in [5, 5.41) is 10.8. The fourth-order valence-corrected chi connectivity index (χ4v) is 9.19. The molecule has 0 fully saturated rings. The highest BCUT2D eigenvalue weighted by Crippen LogP contribution is 2.48. The van der Waals surface area contributed by atoms with Crippen LogP contribution in [0.25, 0.3) is 108 Å². The van der Waals surface area contributed by atoms with Crippen molar-refractivity contribution >= 4 is 86.0 Å². The quantitative estimate of drug-likeness (QED) is 0.179. The Morgan fingerprint density at radius 2 is 1.04 bits per heavy atom.